The van der Waals surface area contributed by atoms with Crippen LogP contribution in [0.25, 0.3) is 0 Å². The standard InChI is InChI=1S/C18H23FN4/c1-12-7-8-15(10-16(12)19)14(3)23-18(20-4)22-11-17-13(2)6-5-9-21-17/h5-10,14H,11H2,1-4H3,(H2,20,22,23). The molecule has 0 aliphatic carbocycles. The lowest BCUT2D eigenvalue weighted by atomic mass is 10.1. The molecule has 0 aliphatic heterocycles. The first kappa shape index (κ1) is 16.9. The van der Waals surface area contributed by atoms with E-state index < -0.39 is 0 Å². The predicted octanol–water partition coefficient (Wildman–Crippen LogP) is 3.26. The Morgan fingerprint density at radius 1 is 1.26 bits per heavy atom. The summed E-state index contributed by atoms with van der Waals surface area (Å²) in [7, 11) is 1.71. The number of nitrogens with one attached hydrogen (secondary N) is 2. The molecule has 1 aromatic heterocycles. The molecule has 0 amide bonds. The lowest BCUT2D eigenvalue weighted by Crippen LogP contribution is -2.38. The van der Waals surface area contributed by atoms with Crippen LogP contribution in [0.15, 0.2) is 41.5 Å². The maximum absolute atomic E-state index is 13.7. The molecule has 0 bridgehead atoms. The number of hydrogen-bond donors (Lipinski definition) is 2. The molecule has 2 N–H and O–H groups in total. The Bertz CT molecular complexity index is 697. The zero-order valence-electron chi connectivity index (χ0n) is 14.0. The molecular formula is C18H23FN4. The molecule has 23 heavy (non-hydrogen) atoms. The maximum atomic E-state index is 13.7. The third-order valence-corrected chi connectivity index (χ3v) is 3.81. The van der Waals surface area contributed by atoms with Gasteiger partial charge >= 0.3 is 0 Å². The first-order chi connectivity index (χ1) is 11.0. The van der Waals surface area contributed by atoms with E-state index in [9.17, 15) is 4.39 Å². The fourth-order valence-electron chi connectivity index (χ4n) is 2.23. The Kier molecular flexibility index (Phi) is 5.68. The smallest absolute Gasteiger partial charge is 0.191 e. The highest BCUT2D eigenvalue weighted by Crippen LogP contribution is 2.16. The van der Waals surface area contributed by atoms with Gasteiger partial charge in [0.15, 0.2) is 5.96 Å². The zero-order chi connectivity index (χ0) is 16.8. The second-order valence-electron chi connectivity index (χ2n) is 5.57. The Hall–Kier alpha value is -2.43. The van der Waals surface area contributed by atoms with Gasteiger partial charge in [0, 0.05) is 13.2 Å². The van der Waals surface area contributed by atoms with Gasteiger partial charge in [-0.2, -0.15) is 0 Å². The fourth-order valence-corrected chi connectivity index (χ4v) is 2.23. The molecule has 5 heteroatoms. The zero-order valence-corrected chi connectivity index (χ0v) is 14.0. The van der Waals surface area contributed by atoms with E-state index in [0.717, 1.165) is 16.8 Å². The molecule has 1 atom stereocenters. The van der Waals surface area contributed by atoms with Gasteiger partial charge in [-0.1, -0.05) is 18.2 Å². The summed E-state index contributed by atoms with van der Waals surface area (Å²) in [6, 6.07) is 9.16. The van der Waals surface area contributed by atoms with E-state index >= 15 is 0 Å². The monoisotopic (exact) mass is 314 g/mol. The predicted molar refractivity (Wildman–Crippen MR) is 91.9 cm³/mol. The Balaban J connectivity index is 1.99. The number of halogens is 1. The molecular weight excluding hydrogens is 291 g/mol. The molecule has 122 valence electrons. The molecule has 0 spiro atoms. The summed E-state index contributed by atoms with van der Waals surface area (Å²) in [5.74, 6) is 0.465. The molecule has 1 aromatic carbocycles. The topological polar surface area (TPSA) is 49.3 Å². The van der Waals surface area contributed by atoms with E-state index in [1.165, 1.54) is 0 Å². The van der Waals surface area contributed by atoms with Crippen molar-refractivity contribution in [1.82, 2.24) is 15.6 Å². The molecule has 0 saturated carbocycles. The van der Waals surface area contributed by atoms with Crippen LogP contribution in [0.5, 0.6) is 0 Å². The summed E-state index contributed by atoms with van der Waals surface area (Å²) in [4.78, 5) is 8.56. The molecule has 1 unspecified atom stereocenters. The largest absolute Gasteiger partial charge is 0.351 e. The lowest BCUT2D eigenvalue weighted by molar-refractivity contribution is 0.607. The average molecular weight is 314 g/mol. The molecule has 0 fully saturated rings. The first-order valence-corrected chi connectivity index (χ1v) is 7.65. The quantitative estimate of drug-likeness (QED) is 0.673. The Morgan fingerprint density at radius 3 is 2.70 bits per heavy atom. The van der Waals surface area contributed by atoms with Crippen molar-refractivity contribution in [3.63, 3.8) is 0 Å². The second-order valence-corrected chi connectivity index (χ2v) is 5.57. The van der Waals surface area contributed by atoms with Crippen molar-refractivity contribution >= 4 is 5.96 Å². The van der Waals surface area contributed by atoms with E-state index in [2.05, 4.69) is 20.6 Å². The third kappa shape index (κ3) is 4.52. The van der Waals surface area contributed by atoms with E-state index in [1.54, 1.807) is 32.3 Å². The highest BCUT2D eigenvalue weighted by molar-refractivity contribution is 5.80. The minimum Gasteiger partial charge on any atom is -0.351 e. The van der Waals surface area contributed by atoms with Crippen LogP contribution in [-0.2, 0) is 6.54 Å². The van der Waals surface area contributed by atoms with Crippen molar-refractivity contribution < 1.29 is 4.39 Å². The summed E-state index contributed by atoms with van der Waals surface area (Å²) in [6.07, 6.45) is 1.78. The molecule has 0 radical (unpaired) electrons. The van der Waals surface area contributed by atoms with E-state index in [0.29, 0.717) is 18.1 Å². The van der Waals surface area contributed by atoms with Crippen LogP contribution >= 0.6 is 0 Å². The van der Waals surface area contributed by atoms with Crippen molar-refractivity contribution in [3.05, 3.63) is 64.7 Å². The maximum Gasteiger partial charge on any atom is 0.191 e. The molecule has 2 rings (SSSR count). The molecule has 0 saturated heterocycles. The minimum absolute atomic E-state index is 0.0545. The Morgan fingerprint density at radius 2 is 2.04 bits per heavy atom. The van der Waals surface area contributed by atoms with Gasteiger partial charge < -0.3 is 10.6 Å². The van der Waals surface area contributed by atoms with Crippen LogP contribution in [0.4, 0.5) is 4.39 Å². The van der Waals surface area contributed by atoms with Crippen LogP contribution in [0.1, 0.15) is 35.3 Å². The molecule has 2 aromatic rings. The van der Waals surface area contributed by atoms with Gasteiger partial charge in [-0.3, -0.25) is 9.98 Å². The van der Waals surface area contributed by atoms with Gasteiger partial charge in [-0.05, 0) is 49.6 Å². The van der Waals surface area contributed by atoms with Crippen LogP contribution < -0.4 is 10.6 Å². The number of aliphatic imine (C=N–C) groups is 1. The number of hydrogen-bond acceptors (Lipinski definition) is 2. The minimum atomic E-state index is -0.191. The summed E-state index contributed by atoms with van der Waals surface area (Å²) < 4.78 is 13.7. The Labute approximate surface area is 136 Å². The second kappa shape index (κ2) is 7.72. The van der Waals surface area contributed by atoms with Gasteiger partial charge in [0.25, 0.3) is 0 Å². The molecule has 1 heterocycles. The summed E-state index contributed by atoms with van der Waals surface area (Å²) >= 11 is 0. The third-order valence-electron chi connectivity index (χ3n) is 3.81. The van der Waals surface area contributed by atoms with Crippen molar-refractivity contribution in [2.45, 2.75) is 33.4 Å². The van der Waals surface area contributed by atoms with E-state index in [-0.39, 0.29) is 11.9 Å². The van der Waals surface area contributed by atoms with Gasteiger partial charge in [0.1, 0.15) is 5.82 Å². The van der Waals surface area contributed by atoms with Gasteiger partial charge in [-0.15, -0.1) is 0 Å². The lowest BCUT2D eigenvalue weighted by Gasteiger charge is -2.19. The van der Waals surface area contributed by atoms with Crippen LogP contribution in [0.2, 0.25) is 0 Å². The van der Waals surface area contributed by atoms with Crippen molar-refractivity contribution in [1.29, 1.82) is 0 Å². The number of guanidine groups is 1. The number of pyridine rings is 1. The first-order valence-electron chi connectivity index (χ1n) is 7.65. The molecule has 0 aliphatic rings. The van der Waals surface area contributed by atoms with Crippen LogP contribution in [0.3, 0.4) is 0 Å². The van der Waals surface area contributed by atoms with Crippen molar-refractivity contribution in [2.75, 3.05) is 7.05 Å². The fraction of sp³-hybridized carbons (Fsp3) is 0.333. The van der Waals surface area contributed by atoms with Gasteiger partial charge in [0.2, 0.25) is 0 Å². The van der Waals surface area contributed by atoms with Gasteiger partial charge in [0.05, 0.1) is 18.3 Å². The summed E-state index contributed by atoms with van der Waals surface area (Å²) in [6.45, 7) is 6.34. The highest BCUT2D eigenvalue weighted by Gasteiger charge is 2.10. The number of aryl methyl sites for hydroxylation is 2. The normalized spacial score (nSPS) is 12.8. The number of benzene rings is 1. The SMILES string of the molecule is CN=C(NCc1ncccc1C)NC(C)c1ccc(C)c(F)c1. The number of rotatable bonds is 4. The van der Waals surface area contributed by atoms with E-state index in [1.807, 2.05) is 32.0 Å². The van der Waals surface area contributed by atoms with E-state index in [4.69, 9.17) is 0 Å². The van der Waals surface area contributed by atoms with Gasteiger partial charge in [-0.25, -0.2) is 4.39 Å². The highest BCUT2D eigenvalue weighted by atomic mass is 19.1. The van der Waals surface area contributed by atoms with Crippen LogP contribution in [-0.4, -0.2) is 18.0 Å². The number of aromatic nitrogens is 1. The van der Waals surface area contributed by atoms with Crippen LogP contribution in [0, 0.1) is 19.7 Å². The molecule has 4 nitrogen and oxygen atoms in total. The average Bonchev–Trinajstić information content (AvgIpc) is 2.55. The van der Waals surface area contributed by atoms with Crippen molar-refractivity contribution in [2.24, 2.45) is 4.99 Å². The summed E-state index contributed by atoms with van der Waals surface area (Å²) in [5, 5.41) is 6.50. The number of nitrogens with zero attached hydrogens (tertiary/aromatic N) is 2. The summed E-state index contributed by atoms with van der Waals surface area (Å²) in [5.41, 5.74) is 3.63. The van der Waals surface area contributed by atoms with Crippen molar-refractivity contribution in [3.8, 4) is 0 Å².